The molecule has 1 aliphatic carbocycles. The average molecular weight is 438 g/mol. The molecule has 4 rings (SSSR count). The highest BCUT2D eigenvalue weighted by Gasteiger charge is 2.15. The smallest absolute Gasteiger partial charge is 0.326 e. The van der Waals surface area contributed by atoms with Crippen molar-refractivity contribution < 1.29 is 4.79 Å². The van der Waals surface area contributed by atoms with E-state index < -0.39 is 11.2 Å². The fourth-order valence-electron chi connectivity index (χ4n) is 4.12. The summed E-state index contributed by atoms with van der Waals surface area (Å²) in [6.45, 7) is 2.19. The van der Waals surface area contributed by atoms with E-state index in [0.717, 1.165) is 11.3 Å². The molecular formula is C24H27N3O3S. The molecule has 1 aliphatic rings. The number of amides is 1. The third kappa shape index (κ3) is 5.10. The van der Waals surface area contributed by atoms with E-state index in [1.807, 2.05) is 24.8 Å². The van der Waals surface area contributed by atoms with Crippen molar-refractivity contribution in [3.05, 3.63) is 68.9 Å². The molecule has 7 heteroatoms. The Morgan fingerprint density at radius 3 is 2.68 bits per heavy atom. The van der Waals surface area contributed by atoms with Gasteiger partial charge in [-0.25, -0.2) is 4.79 Å². The molecular weight excluding hydrogens is 410 g/mol. The van der Waals surface area contributed by atoms with E-state index in [2.05, 4.69) is 22.4 Å². The van der Waals surface area contributed by atoms with Crippen molar-refractivity contribution >= 4 is 34.3 Å². The summed E-state index contributed by atoms with van der Waals surface area (Å²) in [6.07, 6.45) is 6.68. The summed E-state index contributed by atoms with van der Waals surface area (Å²) in [7, 11) is 0. The lowest BCUT2D eigenvalue weighted by Gasteiger charge is -2.21. The van der Waals surface area contributed by atoms with E-state index >= 15 is 0 Å². The summed E-state index contributed by atoms with van der Waals surface area (Å²) < 4.78 is 1.44. The number of nitrogens with one attached hydrogen (secondary N) is 2. The van der Waals surface area contributed by atoms with E-state index in [1.165, 1.54) is 41.6 Å². The van der Waals surface area contributed by atoms with Gasteiger partial charge in [-0.3, -0.25) is 19.1 Å². The van der Waals surface area contributed by atoms with Gasteiger partial charge in [-0.15, -0.1) is 11.8 Å². The van der Waals surface area contributed by atoms with E-state index in [9.17, 15) is 14.4 Å². The summed E-state index contributed by atoms with van der Waals surface area (Å²) in [6, 6.07) is 13.1. The number of hydrogen-bond donors (Lipinski definition) is 2. The van der Waals surface area contributed by atoms with Gasteiger partial charge in [0.2, 0.25) is 5.91 Å². The maximum Gasteiger partial charge on any atom is 0.328 e. The predicted octanol–water partition coefficient (Wildman–Crippen LogP) is 4.45. The molecule has 3 aromatic rings. The van der Waals surface area contributed by atoms with Crippen molar-refractivity contribution in [3.63, 3.8) is 0 Å². The molecule has 0 saturated heterocycles. The standard InChI is InChI=1S/C24H27N3O3S/c1-16-15-18(31-17-7-3-2-4-8-17)11-12-20(16)25-22(28)13-14-27-21-10-6-5-9-19(21)23(29)26-24(27)30/h5-6,9-12,15,17H,2-4,7-8,13-14H2,1H3,(H,25,28)(H,26,29,30). The molecule has 1 aromatic heterocycles. The first-order valence-corrected chi connectivity index (χ1v) is 11.7. The molecule has 162 valence electrons. The van der Waals surface area contributed by atoms with Gasteiger partial charge in [0.25, 0.3) is 5.56 Å². The van der Waals surface area contributed by atoms with Gasteiger partial charge < -0.3 is 5.32 Å². The monoisotopic (exact) mass is 437 g/mol. The first-order chi connectivity index (χ1) is 15.0. The SMILES string of the molecule is Cc1cc(SC2CCCCC2)ccc1NC(=O)CCn1c(=O)[nH]c(=O)c2ccccc21. The normalized spacial score (nSPS) is 14.6. The zero-order chi connectivity index (χ0) is 21.8. The number of para-hydroxylation sites is 1. The molecule has 1 saturated carbocycles. The second-order valence-corrected chi connectivity index (χ2v) is 9.45. The number of rotatable bonds is 6. The maximum absolute atomic E-state index is 12.6. The molecule has 6 nitrogen and oxygen atoms in total. The highest BCUT2D eigenvalue weighted by Crippen LogP contribution is 2.34. The molecule has 0 atom stereocenters. The van der Waals surface area contributed by atoms with E-state index in [-0.39, 0.29) is 18.9 Å². The lowest BCUT2D eigenvalue weighted by atomic mass is 10.0. The maximum atomic E-state index is 12.6. The highest BCUT2D eigenvalue weighted by molar-refractivity contribution is 8.00. The number of carbonyl (C=O) groups is 1. The largest absolute Gasteiger partial charge is 0.328 e. The predicted molar refractivity (Wildman–Crippen MR) is 126 cm³/mol. The topological polar surface area (TPSA) is 84.0 Å². The molecule has 0 unspecified atom stereocenters. The van der Waals surface area contributed by atoms with Crippen LogP contribution >= 0.6 is 11.8 Å². The van der Waals surface area contributed by atoms with Gasteiger partial charge in [0.1, 0.15) is 0 Å². The molecule has 1 fully saturated rings. The van der Waals surface area contributed by atoms with Crippen LogP contribution in [0.1, 0.15) is 44.1 Å². The van der Waals surface area contributed by atoms with Crippen LogP contribution in [0.2, 0.25) is 0 Å². The molecule has 0 spiro atoms. The summed E-state index contributed by atoms with van der Waals surface area (Å²) in [5.41, 5.74) is 1.43. The Kier molecular flexibility index (Phi) is 6.61. The third-order valence-electron chi connectivity index (χ3n) is 5.79. The van der Waals surface area contributed by atoms with Gasteiger partial charge in [0.15, 0.2) is 0 Å². The number of fused-ring (bicyclic) bond motifs is 1. The van der Waals surface area contributed by atoms with Crippen LogP contribution < -0.4 is 16.6 Å². The molecule has 31 heavy (non-hydrogen) atoms. The van der Waals surface area contributed by atoms with Crippen molar-refractivity contribution in [1.29, 1.82) is 0 Å². The first-order valence-electron chi connectivity index (χ1n) is 10.8. The number of hydrogen-bond acceptors (Lipinski definition) is 4. The summed E-state index contributed by atoms with van der Waals surface area (Å²) >= 11 is 1.94. The zero-order valence-corrected chi connectivity index (χ0v) is 18.5. The molecule has 0 radical (unpaired) electrons. The number of aryl methyl sites for hydroxylation is 2. The van der Waals surface area contributed by atoms with Crippen LogP contribution in [0.3, 0.4) is 0 Å². The van der Waals surface area contributed by atoms with Crippen LogP contribution in [-0.4, -0.2) is 20.7 Å². The van der Waals surface area contributed by atoms with Gasteiger partial charge in [-0.2, -0.15) is 0 Å². The minimum Gasteiger partial charge on any atom is -0.326 e. The van der Waals surface area contributed by atoms with Crippen molar-refractivity contribution in [2.75, 3.05) is 5.32 Å². The molecule has 1 heterocycles. The fourth-order valence-corrected chi connectivity index (χ4v) is 5.46. The van der Waals surface area contributed by atoms with Crippen LogP contribution in [0.5, 0.6) is 0 Å². The van der Waals surface area contributed by atoms with Gasteiger partial charge in [0.05, 0.1) is 10.9 Å². The third-order valence-corrected chi connectivity index (χ3v) is 7.13. The van der Waals surface area contributed by atoms with Gasteiger partial charge in [-0.05, 0) is 55.7 Å². The Labute approximate surface area is 185 Å². The van der Waals surface area contributed by atoms with Gasteiger partial charge >= 0.3 is 5.69 Å². The lowest BCUT2D eigenvalue weighted by Crippen LogP contribution is -2.31. The van der Waals surface area contributed by atoms with Gasteiger partial charge in [-0.1, -0.05) is 31.4 Å². The minimum absolute atomic E-state index is 0.133. The average Bonchev–Trinajstić information content (AvgIpc) is 2.76. The second kappa shape index (κ2) is 9.56. The number of aromatic amines is 1. The van der Waals surface area contributed by atoms with Crippen LogP contribution in [-0.2, 0) is 11.3 Å². The van der Waals surface area contributed by atoms with Crippen LogP contribution in [0.15, 0.2) is 56.9 Å². The quantitative estimate of drug-likeness (QED) is 0.597. The minimum atomic E-state index is -0.503. The van der Waals surface area contributed by atoms with E-state index in [0.29, 0.717) is 16.2 Å². The van der Waals surface area contributed by atoms with E-state index in [1.54, 1.807) is 24.3 Å². The van der Waals surface area contributed by atoms with Gasteiger partial charge in [0, 0.05) is 28.8 Å². The Morgan fingerprint density at radius 2 is 1.90 bits per heavy atom. The van der Waals surface area contributed by atoms with Crippen LogP contribution in [0.4, 0.5) is 5.69 Å². The molecule has 2 N–H and O–H groups in total. The van der Waals surface area contributed by atoms with Crippen molar-refractivity contribution in [3.8, 4) is 0 Å². The Morgan fingerprint density at radius 1 is 1.13 bits per heavy atom. The number of H-pyrrole nitrogens is 1. The number of aromatic nitrogens is 2. The molecule has 0 bridgehead atoms. The molecule has 1 amide bonds. The summed E-state index contributed by atoms with van der Waals surface area (Å²) in [4.78, 5) is 40.3. The molecule has 2 aromatic carbocycles. The summed E-state index contributed by atoms with van der Waals surface area (Å²) in [5.74, 6) is -0.169. The Balaban J connectivity index is 1.41. The molecule has 0 aliphatic heterocycles. The van der Waals surface area contributed by atoms with Crippen LogP contribution in [0, 0.1) is 6.92 Å². The number of nitrogens with zero attached hydrogens (tertiary/aromatic N) is 1. The Bertz CT molecular complexity index is 1210. The van der Waals surface area contributed by atoms with Crippen molar-refractivity contribution in [2.24, 2.45) is 0 Å². The highest BCUT2D eigenvalue weighted by atomic mass is 32.2. The van der Waals surface area contributed by atoms with Crippen molar-refractivity contribution in [2.45, 2.75) is 62.1 Å². The first kappa shape index (κ1) is 21.4. The zero-order valence-electron chi connectivity index (χ0n) is 17.6. The fraction of sp³-hybridized carbons (Fsp3) is 0.375. The van der Waals surface area contributed by atoms with Crippen LogP contribution in [0.25, 0.3) is 10.9 Å². The second-order valence-electron chi connectivity index (χ2n) is 8.08. The number of benzene rings is 2. The lowest BCUT2D eigenvalue weighted by molar-refractivity contribution is -0.116. The number of carbonyl (C=O) groups excluding carboxylic acids is 1. The number of anilines is 1. The van der Waals surface area contributed by atoms with Crippen molar-refractivity contribution in [1.82, 2.24) is 9.55 Å². The number of thioether (sulfide) groups is 1. The van der Waals surface area contributed by atoms with E-state index in [4.69, 9.17) is 0 Å². The summed E-state index contributed by atoms with van der Waals surface area (Å²) in [5, 5.41) is 4.08. The Hall–Kier alpha value is -2.80.